The normalized spacial score (nSPS) is 17.6. The first-order valence-corrected chi connectivity index (χ1v) is 6.51. The Hall–Kier alpha value is -0.911. The van der Waals surface area contributed by atoms with Crippen LogP contribution in [0.2, 0.25) is 0 Å². The molecule has 0 aromatic heterocycles. The Kier molecular flexibility index (Phi) is 7.64. The van der Waals surface area contributed by atoms with Gasteiger partial charge in [-0.2, -0.15) is 0 Å². The predicted octanol–water partition coefficient (Wildman–Crippen LogP) is 4.93. The summed E-state index contributed by atoms with van der Waals surface area (Å²) < 4.78 is 0. The molecule has 0 fully saturated rings. The molecule has 18 heavy (non-hydrogen) atoms. The molecule has 97 valence electrons. The van der Waals surface area contributed by atoms with Gasteiger partial charge in [-0.05, 0) is 43.2 Å². The van der Waals surface area contributed by atoms with E-state index in [1.165, 1.54) is 36.8 Å². The van der Waals surface area contributed by atoms with Crippen LogP contribution in [0.4, 0.5) is 0 Å². The standard InChI is InChI=1S/C9H8.C8H12.Ir/c1-2-5-9-7-3-6-8(9)4-1;1-2-4-6-8-7-5-3-1;/h1-6H,7H2;1-2,7-8H,3-6H2;/b;2-1-,8-7?;. The van der Waals surface area contributed by atoms with Crippen molar-refractivity contribution in [2.45, 2.75) is 32.1 Å². The van der Waals surface area contributed by atoms with E-state index >= 15 is 0 Å². The summed E-state index contributed by atoms with van der Waals surface area (Å²) >= 11 is 0. The molecule has 0 amide bonds. The van der Waals surface area contributed by atoms with Gasteiger partial charge in [0.25, 0.3) is 0 Å². The van der Waals surface area contributed by atoms with Gasteiger partial charge in [0.1, 0.15) is 0 Å². The maximum Gasteiger partial charge on any atom is 0 e. The molecule has 0 saturated heterocycles. The van der Waals surface area contributed by atoms with Crippen molar-refractivity contribution in [3.63, 3.8) is 0 Å². The fourth-order valence-electron chi connectivity index (χ4n) is 2.05. The summed E-state index contributed by atoms with van der Waals surface area (Å²) in [4.78, 5) is 0. The quantitative estimate of drug-likeness (QED) is 0.526. The second-order valence-corrected chi connectivity index (χ2v) is 4.40. The van der Waals surface area contributed by atoms with Crippen molar-refractivity contribution in [3.8, 4) is 0 Å². The summed E-state index contributed by atoms with van der Waals surface area (Å²) in [6, 6.07) is 8.49. The Balaban J connectivity index is 0.000000172. The third kappa shape index (κ3) is 5.16. The molecule has 0 saturated carbocycles. The van der Waals surface area contributed by atoms with Crippen molar-refractivity contribution >= 4 is 6.08 Å². The molecule has 1 heteroatoms. The zero-order valence-electron chi connectivity index (χ0n) is 10.6. The van der Waals surface area contributed by atoms with Crippen LogP contribution in [0.15, 0.2) is 54.6 Å². The van der Waals surface area contributed by atoms with Crippen LogP contribution < -0.4 is 0 Å². The van der Waals surface area contributed by atoms with Crippen LogP contribution in [-0.4, -0.2) is 0 Å². The van der Waals surface area contributed by atoms with Crippen molar-refractivity contribution < 1.29 is 20.1 Å². The molecule has 0 atom stereocenters. The van der Waals surface area contributed by atoms with E-state index in [0.29, 0.717) is 0 Å². The second-order valence-electron chi connectivity index (χ2n) is 4.40. The van der Waals surface area contributed by atoms with Gasteiger partial charge in [0.2, 0.25) is 0 Å². The Morgan fingerprint density at radius 2 is 1.22 bits per heavy atom. The number of benzene rings is 1. The minimum absolute atomic E-state index is 0. The van der Waals surface area contributed by atoms with Crippen LogP contribution in [0, 0.1) is 0 Å². The first-order valence-electron chi connectivity index (χ1n) is 6.51. The molecule has 0 spiro atoms. The summed E-state index contributed by atoms with van der Waals surface area (Å²) in [5.74, 6) is 0. The van der Waals surface area contributed by atoms with E-state index in [4.69, 9.17) is 0 Å². The average molecular weight is 417 g/mol. The molecule has 2 aliphatic rings. The minimum Gasteiger partial charge on any atom is -0.0882 e. The second kappa shape index (κ2) is 9.08. The van der Waals surface area contributed by atoms with E-state index in [1.807, 2.05) is 0 Å². The maximum absolute atomic E-state index is 2.27. The predicted molar refractivity (Wildman–Crippen MR) is 75.9 cm³/mol. The van der Waals surface area contributed by atoms with E-state index in [9.17, 15) is 0 Å². The number of hydrogen-bond donors (Lipinski definition) is 0. The topological polar surface area (TPSA) is 0 Å². The monoisotopic (exact) mass is 417 g/mol. The summed E-state index contributed by atoms with van der Waals surface area (Å²) in [6.45, 7) is 0. The van der Waals surface area contributed by atoms with E-state index in [0.717, 1.165) is 6.42 Å². The van der Waals surface area contributed by atoms with Gasteiger partial charge in [-0.1, -0.05) is 60.7 Å². The Morgan fingerprint density at radius 1 is 0.667 bits per heavy atom. The molecule has 0 heterocycles. The number of hydrogen-bond acceptors (Lipinski definition) is 0. The molecule has 0 bridgehead atoms. The van der Waals surface area contributed by atoms with E-state index in [1.54, 1.807) is 0 Å². The molecule has 0 nitrogen and oxygen atoms in total. The van der Waals surface area contributed by atoms with Crippen molar-refractivity contribution in [3.05, 3.63) is 65.8 Å². The third-order valence-electron chi connectivity index (χ3n) is 3.02. The molecule has 0 N–H and O–H groups in total. The summed E-state index contributed by atoms with van der Waals surface area (Å²) in [7, 11) is 0. The molecule has 1 radical (unpaired) electrons. The number of rotatable bonds is 0. The number of fused-ring (bicyclic) bond motifs is 1. The first kappa shape index (κ1) is 15.1. The Labute approximate surface area is 124 Å². The average Bonchev–Trinajstić information content (AvgIpc) is 2.76. The van der Waals surface area contributed by atoms with E-state index < -0.39 is 0 Å². The zero-order valence-corrected chi connectivity index (χ0v) is 13.0. The zero-order chi connectivity index (χ0) is 11.8. The molecule has 0 unspecified atom stereocenters. The van der Waals surface area contributed by atoms with Gasteiger partial charge in [0, 0.05) is 20.1 Å². The summed E-state index contributed by atoms with van der Waals surface area (Å²) in [6.07, 6.45) is 19.5. The van der Waals surface area contributed by atoms with Crippen LogP contribution in [0.1, 0.15) is 36.8 Å². The molecular formula is C17H20Ir. The minimum atomic E-state index is 0. The van der Waals surface area contributed by atoms with Crippen molar-refractivity contribution in [2.24, 2.45) is 0 Å². The van der Waals surface area contributed by atoms with Gasteiger partial charge >= 0.3 is 0 Å². The van der Waals surface area contributed by atoms with Crippen LogP contribution >= 0.6 is 0 Å². The summed E-state index contributed by atoms with van der Waals surface area (Å²) in [5.41, 5.74) is 2.84. The van der Waals surface area contributed by atoms with Gasteiger partial charge in [-0.15, -0.1) is 0 Å². The smallest absolute Gasteiger partial charge is 0 e. The van der Waals surface area contributed by atoms with Crippen LogP contribution in [0.5, 0.6) is 0 Å². The van der Waals surface area contributed by atoms with Gasteiger partial charge in [-0.3, -0.25) is 0 Å². The SMILES string of the molecule is C1=CCC/C=C\CC1.C1=Cc2ccccc2C1.[Ir]. The fraction of sp³-hybridized carbons (Fsp3) is 0.294. The van der Waals surface area contributed by atoms with Gasteiger partial charge in [0.15, 0.2) is 0 Å². The molecule has 1 aromatic rings. The van der Waals surface area contributed by atoms with E-state index in [-0.39, 0.29) is 20.1 Å². The Morgan fingerprint density at radius 3 is 1.78 bits per heavy atom. The summed E-state index contributed by atoms with van der Waals surface area (Å²) in [5, 5.41) is 0. The van der Waals surface area contributed by atoms with Crippen LogP contribution in [0.3, 0.4) is 0 Å². The molecule has 1 aromatic carbocycles. The molecule has 0 aliphatic heterocycles. The van der Waals surface area contributed by atoms with Crippen molar-refractivity contribution in [2.75, 3.05) is 0 Å². The van der Waals surface area contributed by atoms with Crippen molar-refractivity contribution in [1.82, 2.24) is 0 Å². The first-order chi connectivity index (χ1) is 8.47. The molecule has 2 aliphatic carbocycles. The van der Waals surface area contributed by atoms with Crippen LogP contribution in [-0.2, 0) is 26.5 Å². The Bertz CT molecular complexity index is 401. The van der Waals surface area contributed by atoms with Crippen molar-refractivity contribution in [1.29, 1.82) is 0 Å². The number of allylic oxidation sites excluding steroid dienone is 5. The van der Waals surface area contributed by atoms with Gasteiger partial charge in [-0.25, -0.2) is 0 Å². The molecular weight excluding hydrogens is 396 g/mol. The van der Waals surface area contributed by atoms with E-state index in [2.05, 4.69) is 60.7 Å². The van der Waals surface area contributed by atoms with Crippen LogP contribution in [0.25, 0.3) is 6.08 Å². The van der Waals surface area contributed by atoms with Gasteiger partial charge in [0.05, 0.1) is 0 Å². The largest absolute Gasteiger partial charge is 0.0882 e. The third-order valence-corrected chi connectivity index (χ3v) is 3.02. The maximum atomic E-state index is 2.27. The van der Waals surface area contributed by atoms with Gasteiger partial charge < -0.3 is 0 Å². The fourth-order valence-corrected chi connectivity index (χ4v) is 2.05. The molecule has 3 rings (SSSR count).